The molecule has 25 heavy (non-hydrogen) atoms. The Bertz CT molecular complexity index is 816. The molecular weight excluding hydrogens is 332 g/mol. The van der Waals surface area contributed by atoms with Gasteiger partial charge in [0.2, 0.25) is 0 Å². The van der Waals surface area contributed by atoms with Gasteiger partial charge in [0.15, 0.2) is 6.61 Å². The minimum Gasteiger partial charge on any atom is -0.484 e. The number of hydrogen-bond acceptors (Lipinski definition) is 7. The van der Waals surface area contributed by atoms with Crippen LogP contribution in [0.1, 0.15) is 5.56 Å². The number of nitrogens with zero attached hydrogens (tertiary/aromatic N) is 4. The van der Waals surface area contributed by atoms with E-state index < -0.39 is 16.7 Å². The molecule has 0 aliphatic carbocycles. The molecule has 2 rings (SSSR count). The summed E-state index contributed by atoms with van der Waals surface area (Å²) in [6, 6.07) is 6.64. The van der Waals surface area contributed by atoms with Crippen LogP contribution in [0, 0.1) is 10.1 Å². The van der Waals surface area contributed by atoms with Gasteiger partial charge in [0.1, 0.15) is 24.7 Å². The summed E-state index contributed by atoms with van der Waals surface area (Å²) in [5.74, 6) is -0.668. The quantitative estimate of drug-likeness (QED) is 0.383. The SMILES string of the molecule is NC(=O)COc1cccc(/C=N/NC(=O)Cn2cc([N+](=O)[O-])cn2)c1. The van der Waals surface area contributed by atoms with Gasteiger partial charge in [-0.1, -0.05) is 12.1 Å². The second-order valence-electron chi connectivity index (χ2n) is 4.77. The molecule has 0 radical (unpaired) electrons. The average molecular weight is 346 g/mol. The molecule has 3 N–H and O–H groups in total. The van der Waals surface area contributed by atoms with E-state index in [-0.39, 0.29) is 18.8 Å². The predicted octanol–water partition coefficient (Wildman–Crippen LogP) is -0.194. The summed E-state index contributed by atoms with van der Waals surface area (Å²) in [6.45, 7) is -0.458. The summed E-state index contributed by atoms with van der Waals surface area (Å²) in [6.07, 6.45) is 3.57. The van der Waals surface area contributed by atoms with Crippen molar-refractivity contribution in [3.63, 3.8) is 0 Å². The number of nitrogens with two attached hydrogens (primary N) is 1. The van der Waals surface area contributed by atoms with Gasteiger partial charge in [-0.2, -0.15) is 10.2 Å². The standard InChI is InChI=1S/C14H14N6O5/c15-13(21)9-25-12-3-1-2-10(4-12)5-16-18-14(22)8-19-7-11(6-17-19)20(23)24/h1-7H,8-9H2,(H2,15,21)(H,18,22)/b16-5+. The first-order chi connectivity index (χ1) is 11.9. The van der Waals surface area contributed by atoms with Crippen LogP contribution in [0.15, 0.2) is 41.8 Å². The Kier molecular flexibility index (Phi) is 5.77. The lowest BCUT2D eigenvalue weighted by Crippen LogP contribution is -2.23. The number of carbonyl (C=O) groups excluding carboxylic acids is 2. The Hall–Kier alpha value is -3.76. The van der Waals surface area contributed by atoms with Crippen LogP contribution in [-0.2, 0) is 16.1 Å². The van der Waals surface area contributed by atoms with Crippen LogP contribution in [0.4, 0.5) is 5.69 Å². The van der Waals surface area contributed by atoms with Gasteiger partial charge < -0.3 is 10.5 Å². The number of nitrogens with one attached hydrogen (secondary N) is 1. The highest BCUT2D eigenvalue weighted by molar-refractivity contribution is 5.82. The van der Waals surface area contributed by atoms with Gasteiger partial charge in [-0.05, 0) is 17.7 Å². The molecule has 2 amide bonds. The van der Waals surface area contributed by atoms with E-state index in [1.54, 1.807) is 24.3 Å². The highest BCUT2D eigenvalue weighted by Gasteiger charge is 2.10. The first kappa shape index (κ1) is 17.6. The molecule has 0 bridgehead atoms. The van der Waals surface area contributed by atoms with Gasteiger partial charge in [0, 0.05) is 0 Å². The normalized spacial score (nSPS) is 10.6. The number of amides is 2. The van der Waals surface area contributed by atoms with E-state index in [1.165, 1.54) is 6.21 Å². The minimum absolute atomic E-state index is 0.205. The number of rotatable bonds is 8. The number of primary amides is 1. The summed E-state index contributed by atoms with van der Waals surface area (Å²) in [4.78, 5) is 32.3. The summed E-state index contributed by atoms with van der Waals surface area (Å²) in [5.41, 5.74) is 7.68. The molecule has 1 heterocycles. The Morgan fingerprint density at radius 1 is 1.48 bits per heavy atom. The van der Waals surface area contributed by atoms with E-state index in [1.807, 2.05) is 0 Å². The van der Waals surface area contributed by atoms with Crippen LogP contribution in [0.2, 0.25) is 0 Å². The first-order valence-corrected chi connectivity index (χ1v) is 6.94. The lowest BCUT2D eigenvalue weighted by molar-refractivity contribution is -0.385. The predicted molar refractivity (Wildman–Crippen MR) is 85.7 cm³/mol. The zero-order chi connectivity index (χ0) is 18.2. The van der Waals surface area contributed by atoms with Crippen molar-refractivity contribution in [3.05, 3.63) is 52.3 Å². The molecule has 2 aromatic rings. The molecule has 0 fully saturated rings. The molecule has 0 aliphatic rings. The van der Waals surface area contributed by atoms with Gasteiger partial charge in [0.25, 0.3) is 11.8 Å². The maximum absolute atomic E-state index is 11.7. The molecular formula is C14H14N6O5. The number of nitro groups is 1. The molecule has 0 atom stereocenters. The second-order valence-corrected chi connectivity index (χ2v) is 4.77. The van der Waals surface area contributed by atoms with Crippen molar-refractivity contribution in [2.45, 2.75) is 6.54 Å². The van der Waals surface area contributed by atoms with Crippen LogP contribution in [0.25, 0.3) is 0 Å². The third-order valence-electron chi connectivity index (χ3n) is 2.78. The smallest absolute Gasteiger partial charge is 0.307 e. The average Bonchev–Trinajstić information content (AvgIpc) is 3.02. The zero-order valence-corrected chi connectivity index (χ0v) is 12.9. The summed E-state index contributed by atoms with van der Waals surface area (Å²) in [5, 5.41) is 18.0. The largest absolute Gasteiger partial charge is 0.484 e. The minimum atomic E-state index is -0.604. The Labute approximate surface area is 141 Å². The third-order valence-corrected chi connectivity index (χ3v) is 2.78. The molecule has 130 valence electrons. The molecule has 0 spiro atoms. The van der Waals surface area contributed by atoms with Gasteiger partial charge >= 0.3 is 5.69 Å². The van der Waals surface area contributed by atoms with E-state index >= 15 is 0 Å². The molecule has 1 aromatic heterocycles. The summed E-state index contributed by atoms with van der Waals surface area (Å²) < 4.78 is 6.27. The fourth-order valence-corrected chi connectivity index (χ4v) is 1.73. The van der Waals surface area contributed by atoms with E-state index in [2.05, 4.69) is 15.6 Å². The zero-order valence-electron chi connectivity index (χ0n) is 12.9. The van der Waals surface area contributed by atoms with Crippen molar-refractivity contribution >= 4 is 23.7 Å². The summed E-state index contributed by atoms with van der Waals surface area (Å²) >= 11 is 0. The number of benzene rings is 1. The summed E-state index contributed by atoms with van der Waals surface area (Å²) in [7, 11) is 0. The van der Waals surface area contributed by atoms with Gasteiger partial charge in [0.05, 0.1) is 11.1 Å². The van der Waals surface area contributed by atoms with Crippen molar-refractivity contribution < 1.29 is 19.2 Å². The lowest BCUT2D eigenvalue weighted by Gasteiger charge is -2.04. The van der Waals surface area contributed by atoms with E-state index in [0.29, 0.717) is 11.3 Å². The first-order valence-electron chi connectivity index (χ1n) is 6.94. The molecule has 0 aliphatic heterocycles. The van der Waals surface area contributed by atoms with Crippen LogP contribution in [-0.4, -0.2) is 39.3 Å². The van der Waals surface area contributed by atoms with Crippen LogP contribution >= 0.6 is 0 Å². The second kappa shape index (κ2) is 8.19. The molecule has 11 nitrogen and oxygen atoms in total. The Balaban J connectivity index is 1.87. The molecule has 11 heteroatoms. The van der Waals surface area contributed by atoms with Gasteiger partial charge in [-0.15, -0.1) is 0 Å². The van der Waals surface area contributed by atoms with Crippen molar-refractivity contribution in [1.29, 1.82) is 0 Å². The van der Waals surface area contributed by atoms with Gasteiger partial charge in [-0.25, -0.2) is 5.43 Å². The van der Waals surface area contributed by atoms with Crippen molar-refractivity contribution in [2.75, 3.05) is 6.61 Å². The lowest BCUT2D eigenvalue weighted by atomic mass is 10.2. The molecule has 1 aromatic carbocycles. The maximum atomic E-state index is 11.7. The fourth-order valence-electron chi connectivity index (χ4n) is 1.73. The number of hydrogen-bond donors (Lipinski definition) is 2. The molecule has 0 saturated carbocycles. The topological polar surface area (TPSA) is 155 Å². The van der Waals surface area contributed by atoms with Crippen molar-refractivity contribution in [3.8, 4) is 5.75 Å². The van der Waals surface area contributed by atoms with E-state index in [9.17, 15) is 19.7 Å². The number of carbonyl (C=O) groups is 2. The number of hydrazone groups is 1. The highest BCUT2D eigenvalue weighted by Crippen LogP contribution is 2.11. The Morgan fingerprint density at radius 3 is 2.96 bits per heavy atom. The molecule has 0 saturated heterocycles. The fraction of sp³-hybridized carbons (Fsp3) is 0.143. The van der Waals surface area contributed by atoms with Crippen LogP contribution < -0.4 is 15.9 Å². The Morgan fingerprint density at radius 2 is 2.28 bits per heavy atom. The van der Waals surface area contributed by atoms with E-state index in [4.69, 9.17) is 10.5 Å². The van der Waals surface area contributed by atoms with Gasteiger partial charge in [-0.3, -0.25) is 24.4 Å². The third kappa shape index (κ3) is 5.74. The monoisotopic (exact) mass is 346 g/mol. The number of aromatic nitrogens is 2. The van der Waals surface area contributed by atoms with Crippen molar-refractivity contribution in [2.24, 2.45) is 10.8 Å². The molecule has 0 unspecified atom stereocenters. The van der Waals surface area contributed by atoms with Crippen LogP contribution in [0.3, 0.4) is 0 Å². The number of ether oxygens (including phenoxy) is 1. The van der Waals surface area contributed by atoms with Crippen molar-refractivity contribution in [1.82, 2.24) is 15.2 Å². The maximum Gasteiger partial charge on any atom is 0.307 e. The van der Waals surface area contributed by atoms with Crippen LogP contribution in [0.5, 0.6) is 5.75 Å². The highest BCUT2D eigenvalue weighted by atomic mass is 16.6. The van der Waals surface area contributed by atoms with E-state index in [0.717, 1.165) is 17.1 Å².